The summed E-state index contributed by atoms with van der Waals surface area (Å²) < 4.78 is 36.5. The molecule has 0 radical (unpaired) electrons. The van der Waals surface area contributed by atoms with Gasteiger partial charge in [-0.05, 0) is 53.6 Å². The zero-order valence-corrected chi connectivity index (χ0v) is 22.7. The molecule has 0 aliphatic heterocycles. The first-order chi connectivity index (χ1) is 14.5. The number of benzene rings is 2. The summed E-state index contributed by atoms with van der Waals surface area (Å²) in [5, 5.41) is 1.44. The minimum absolute atomic E-state index is 0. The second kappa shape index (κ2) is 15.4. The van der Waals surface area contributed by atoms with E-state index in [4.69, 9.17) is 0 Å². The number of hydrogen-bond donors (Lipinski definition) is 0. The van der Waals surface area contributed by atoms with Crippen LogP contribution in [0.4, 0.5) is 0 Å². The monoisotopic (exact) mass is 454 g/mol. The van der Waals surface area contributed by atoms with Crippen molar-refractivity contribution in [2.45, 2.75) is 109 Å². The molecule has 0 unspecified atom stereocenters. The molecule has 0 heterocycles. The van der Waals surface area contributed by atoms with Crippen molar-refractivity contribution in [1.82, 2.24) is 0 Å². The molecule has 2 aromatic carbocycles. The first kappa shape index (κ1) is 28.6. The molecule has 0 saturated heterocycles. The van der Waals surface area contributed by atoms with E-state index in [0.29, 0.717) is 17.4 Å². The summed E-state index contributed by atoms with van der Waals surface area (Å²) in [6.45, 7) is 4.42. The summed E-state index contributed by atoms with van der Waals surface area (Å²) in [4.78, 5) is 0.0124. The average Bonchev–Trinajstić information content (AvgIpc) is 2.71. The SMILES string of the molecule is CCCCCCCCc1ccc2ccc(CCCCCCCC)c(S(=O)(=O)[O-])c2c1.[Na+]. The molecular formula is C26H39NaO3S. The third kappa shape index (κ3) is 9.96. The molecule has 2 aromatic rings. The Morgan fingerprint density at radius 1 is 0.710 bits per heavy atom. The summed E-state index contributed by atoms with van der Waals surface area (Å²) in [6, 6.07) is 9.78. The number of hydrogen-bond acceptors (Lipinski definition) is 3. The quantitative estimate of drug-likeness (QED) is 0.225. The Morgan fingerprint density at radius 3 is 1.81 bits per heavy atom. The van der Waals surface area contributed by atoms with Crippen LogP contribution in [0.3, 0.4) is 0 Å². The van der Waals surface area contributed by atoms with Crippen LogP contribution < -0.4 is 29.6 Å². The van der Waals surface area contributed by atoms with Gasteiger partial charge in [0.25, 0.3) is 0 Å². The molecule has 0 atom stereocenters. The third-order valence-electron chi connectivity index (χ3n) is 5.99. The van der Waals surface area contributed by atoms with Gasteiger partial charge in [-0.25, -0.2) is 8.42 Å². The molecule has 5 heteroatoms. The van der Waals surface area contributed by atoms with Gasteiger partial charge in [-0.1, -0.05) is 102 Å². The molecule has 0 bridgehead atoms. The number of rotatable bonds is 15. The normalized spacial score (nSPS) is 11.6. The van der Waals surface area contributed by atoms with Gasteiger partial charge in [0.15, 0.2) is 0 Å². The van der Waals surface area contributed by atoms with Crippen molar-refractivity contribution < 1.29 is 42.5 Å². The summed E-state index contributed by atoms with van der Waals surface area (Å²) >= 11 is 0. The fraction of sp³-hybridized carbons (Fsp3) is 0.615. The molecule has 0 aliphatic carbocycles. The summed E-state index contributed by atoms with van der Waals surface area (Å²) in [5.41, 5.74) is 1.81. The van der Waals surface area contributed by atoms with E-state index in [9.17, 15) is 13.0 Å². The zero-order chi connectivity index (χ0) is 21.8. The van der Waals surface area contributed by atoms with Gasteiger partial charge in [0.1, 0.15) is 10.1 Å². The van der Waals surface area contributed by atoms with Crippen molar-refractivity contribution >= 4 is 20.9 Å². The molecule has 168 valence electrons. The largest absolute Gasteiger partial charge is 1.00 e. The molecular weight excluding hydrogens is 415 g/mol. The van der Waals surface area contributed by atoms with Crippen molar-refractivity contribution in [3.8, 4) is 0 Å². The molecule has 0 spiro atoms. The molecule has 2 rings (SSSR count). The Hall–Kier alpha value is -0.390. The molecule has 31 heavy (non-hydrogen) atoms. The minimum atomic E-state index is -4.51. The summed E-state index contributed by atoms with van der Waals surface area (Å²) in [7, 11) is -4.51. The van der Waals surface area contributed by atoms with E-state index in [1.54, 1.807) is 0 Å². The first-order valence-electron chi connectivity index (χ1n) is 12.0. The van der Waals surface area contributed by atoms with E-state index in [0.717, 1.165) is 36.6 Å². The molecule has 3 nitrogen and oxygen atoms in total. The van der Waals surface area contributed by atoms with Gasteiger partial charge in [-0.15, -0.1) is 0 Å². The van der Waals surface area contributed by atoms with Gasteiger partial charge >= 0.3 is 29.6 Å². The summed E-state index contributed by atoms with van der Waals surface area (Å²) in [6.07, 6.45) is 15.8. The Bertz CT molecular complexity index is 872. The average molecular weight is 455 g/mol. The van der Waals surface area contributed by atoms with E-state index < -0.39 is 10.1 Å². The van der Waals surface area contributed by atoms with Crippen molar-refractivity contribution in [3.05, 3.63) is 41.5 Å². The predicted molar refractivity (Wildman–Crippen MR) is 126 cm³/mol. The number of unbranched alkanes of at least 4 members (excludes halogenated alkanes) is 10. The molecule has 0 aromatic heterocycles. The van der Waals surface area contributed by atoms with E-state index in [1.165, 1.54) is 57.8 Å². The van der Waals surface area contributed by atoms with Crippen LogP contribution in [0.2, 0.25) is 0 Å². The van der Waals surface area contributed by atoms with Crippen molar-refractivity contribution in [3.63, 3.8) is 0 Å². The van der Waals surface area contributed by atoms with E-state index in [-0.39, 0.29) is 34.5 Å². The van der Waals surface area contributed by atoms with Crippen molar-refractivity contribution in [1.29, 1.82) is 0 Å². The molecule has 0 N–H and O–H groups in total. The number of fused-ring (bicyclic) bond motifs is 1. The maximum atomic E-state index is 12.2. The van der Waals surface area contributed by atoms with Crippen LogP contribution in [0, 0.1) is 0 Å². The zero-order valence-electron chi connectivity index (χ0n) is 19.9. The van der Waals surface area contributed by atoms with Gasteiger partial charge in [0, 0.05) is 0 Å². The minimum Gasteiger partial charge on any atom is -0.744 e. The van der Waals surface area contributed by atoms with Crippen LogP contribution in [0.5, 0.6) is 0 Å². The van der Waals surface area contributed by atoms with Crippen molar-refractivity contribution in [2.75, 3.05) is 0 Å². The molecule has 0 fully saturated rings. The Balaban J connectivity index is 0.00000480. The van der Waals surface area contributed by atoms with E-state index in [1.807, 2.05) is 24.3 Å². The van der Waals surface area contributed by atoms with Crippen molar-refractivity contribution in [2.24, 2.45) is 0 Å². The molecule has 0 aliphatic rings. The Labute approximate surface area is 212 Å². The maximum absolute atomic E-state index is 12.2. The van der Waals surface area contributed by atoms with Crippen LogP contribution in [-0.4, -0.2) is 13.0 Å². The first-order valence-corrected chi connectivity index (χ1v) is 13.4. The Kier molecular flexibility index (Phi) is 14.3. The predicted octanol–water partition coefficient (Wildman–Crippen LogP) is 4.55. The smallest absolute Gasteiger partial charge is 0.744 e. The molecule has 0 saturated carbocycles. The van der Waals surface area contributed by atoms with Gasteiger partial charge in [0.05, 0.1) is 4.90 Å². The van der Waals surface area contributed by atoms with Gasteiger partial charge in [-0.2, -0.15) is 0 Å². The topological polar surface area (TPSA) is 57.2 Å². The third-order valence-corrected chi connectivity index (χ3v) is 6.97. The van der Waals surface area contributed by atoms with Gasteiger partial charge in [-0.3, -0.25) is 0 Å². The van der Waals surface area contributed by atoms with Gasteiger partial charge in [0.2, 0.25) is 0 Å². The van der Waals surface area contributed by atoms with Crippen LogP contribution in [0.1, 0.15) is 102 Å². The van der Waals surface area contributed by atoms with Crippen LogP contribution in [-0.2, 0) is 23.0 Å². The second-order valence-corrected chi connectivity index (χ2v) is 9.92. The maximum Gasteiger partial charge on any atom is 1.00 e. The molecule has 0 amide bonds. The fourth-order valence-corrected chi connectivity index (χ4v) is 5.17. The van der Waals surface area contributed by atoms with Crippen LogP contribution in [0.25, 0.3) is 10.8 Å². The van der Waals surface area contributed by atoms with E-state index in [2.05, 4.69) is 19.9 Å². The van der Waals surface area contributed by atoms with Crippen LogP contribution >= 0.6 is 0 Å². The number of aryl methyl sites for hydroxylation is 2. The standard InChI is InChI=1S/C26H40O3S.Na/c1-3-5-7-9-11-13-15-22-17-18-23-19-20-24(16-14-12-10-8-6-4-2)26(25(23)21-22)30(27,28)29;/h17-21H,3-16H2,1-2H3,(H,27,28,29);/q;+1/p-1. The Morgan fingerprint density at radius 2 is 1.23 bits per heavy atom. The fourth-order valence-electron chi connectivity index (χ4n) is 4.24. The van der Waals surface area contributed by atoms with E-state index >= 15 is 0 Å². The second-order valence-electron chi connectivity index (χ2n) is 8.60. The van der Waals surface area contributed by atoms with Crippen LogP contribution in [0.15, 0.2) is 35.2 Å². The summed E-state index contributed by atoms with van der Waals surface area (Å²) in [5.74, 6) is 0. The van der Waals surface area contributed by atoms with Gasteiger partial charge < -0.3 is 4.55 Å².